The summed E-state index contributed by atoms with van der Waals surface area (Å²) in [7, 11) is 3.29. The zero-order valence-corrected chi connectivity index (χ0v) is 16.7. The summed E-state index contributed by atoms with van der Waals surface area (Å²) in [5.41, 5.74) is 3.20. The van der Waals surface area contributed by atoms with Crippen molar-refractivity contribution in [2.24, 2.45) is 11.8 Å². The first-order valence-electron chi connectivity index (χ1n) is 9.79. The predicted molar refractivity (Wildman–Crippen MR) is 113 cm³/mol. The minimum absolute atomic E-state index is 0.00635. The van der Waals surface area contributed by atoms with E-state index in [9.17, 15) is 9.90 Å². The molecule has 5 heteroatoms. The Kier molecular flexibility index (Phi) is 5.30. The SMILES string of the molecule is COc1ccc(CCc2ccc(OC)cc2N2CC3C=C(O)C=CC3C2=O)cc1. The number of nitrogens with zero attached hydrogens (tertiary/aromatic N) is 1. The molecule has 2 atom stereocenters. The maximum atomic E-state index is 13.1. The van der Waals surface area contributed by atoms with E-state index in [1.807, 2.05) is 35.2 Å². The van der Waals surface area contributed by atoms with E-state index in [2.05, 4.69) is 12.1 Å². The molecule has 29 heavy (non-hydrogen) atoms. The Balaban J connectivity index is 1.59. The molecule has 4 rings (SSSR count). The Hall–Kier alpha value is -3.21. The molecule has 0 aromatic heterocycles. The highest BCUT2D eigenvalue weighted by Gasteiger charge is 2.40. The predicted octanol–water partition coefficient (Wildman–Crippen LogP) is 4.08. The Labute approximate surface area is 170 Å². The number of aliphatic hydroxyl groups excluding tert-OH is 1. The van der Waals surface area contributed by atoms with E-state index < -0.39 is 0 Å². The Bertz CT molecular complexity index is 961. The third kappa shape index (κ3) is 3.86. The van der Waals surface area contributed by atoms with Gasteiger partial charge in [-0.1, -0.05) is 24.3 Å². The number of amides is 1. The maximum Gasteiger partial charge on any atom is 0.234 e. The van der Waals surface area contributed by atoms with Crippen LogP contribution in [0.1, 0.15) is 11.1 Å². The summed E-state index contributed by atoms with van der Waals surface area (Å²) in [6.07, 6.45) is 6.86. The van der Waals surface area contributed by atoms with Gasteiger partial charge < -0.3 is 19.5 Å². The van der Waals surface area contributed by atoms with Crippen LogP contribution in [0.25, 0.3) is 0 Å². The number of hydrogen-bond donors (Lipinski definition) is 1. The van der Waals surface area contributed by atoms with Crippen molar-refractivity contribution in [3.8, 4) is 11.5 Å². The molecule has 0 radical (unpaired) electrons. The van der Waals surface area contributed by atoms with Crippen LogP contribution in [0, 0.1) is 11.8 Å². The molecular formula is C24H25NO4. The summed E-state index contributed by atoms with van der Waals surface area (Å²) >= 11 is 0. The minimum Gasteiger partial charge on any atom is -0.508 e. The number of methoxy groups -OCH3 is 2. The highest BCUT2D eigenvalue weighted by molar-refractivity contribution is 6.00. The van der Waals surface area contributed by atoms with Crippen LogP contribution in [0.4, 0.5) is 5.69 Å². The number of allylic oxidation sites excluding steroid dienone is 1. The van der Waals surface area contributed by atoms with Gasteiger partial charge in [-0.05, 0) is 54.3 Å². The zero-order valence-electron chi connectivity index (χ0n) is 16.7. The van der Waals surface area contributed by atoms with E-state index in [4.69, 9.17) is 9.47 Å². The van der Waals surface area contributed by atoms with Gasteiger partial charge in [-0.25, -0.2) is 0 Å². The van der Waals surface area contributed by atoms with E-state index in [0.717, 1.165) is 35.6 Å². The van der Waals surface area contributed by atoms with Crippen LogP contribution in [0.15, 0.2) is 66.5 Å². The lowest BCUT2D eigenvalue weighted by Gasteiger charge is -2.21. The van der Waals surface area contributed by atoms with Gasteiger partial charge in [0.1, 0.15) is 17.3 Å². The molecule has 1 amide bonds. The van der Waals surface area contributed by atoms with Crippen molar-refractivity contribution in [2.45, 2.75) is 12.8 Å². The molecule has 0 spiro atoms. The molecule has 1 heterocycles. The van der Waals surface area contributed by atoms with Crippen LogP contribution < -0.4 is 14.4 Å². The Morgan fingerprint density at radius 1 is 1.03 bits per heavy atom. The lowest BCUT2D eigenvalue weighted by Crippen LogP contribution is -2.27. The fourth-order valence-corrected chi connectivity index (χ4v) is 4.06. The first kappa shape index (κ1) is 19.1. The number of ether oxygens (including phenoxy) is 2. The fraction of sp³-hybridized carbons (Fsp3) is 0.292. The highest BCUT2D eigenvalue weighted by Crippen LogP contribution is 2.37. The average Bonchev–Trinajstić information content (AvgIpc) is 3.07. The highest BCUT2D eigenvalue weighted by atomic mass is 16.5. The third-order valence-electron chi connectivity index (χ3n) is 5.69. The second-order valence-electron chi connectivity index (χ2n) is 7.43. The topological polar surface area (TPSA) is 59.0 Å². The van der Waals surface area contributed by atoms with E-state index in [1.165, 1.54) is 5.56 Å². The minimum atomic E-state index is -0.216. The third-order valence-corrected chi connectivity index (χ3v) is 5.69. The number of carbonyl (C=O) groups is 1. The van der Waals surface area contributed by atoms with Gasteiger partial charge in [-0.2, -0.15) is 0 Å². The summed E-state index contributed by atoms with van der Waals surface area (Å²) < 4.78 is 10.6. The van der Waals surface area contributed by atoms with E-state index >= 15 is 0 Å². The van der Waals surface area contributed by atoms with Crippen LogP contribution in [-0.4, -0.2) is 31.8 Å². The van der Waals surface area contributed by atoms with Gasteiger partial charge in [-0.15, -0.1) is 0 Å². The monoisotopic (exact) mass is 391 g/mol. The number of aryl methyl sites for hydroxylation is 2. The number of carbonyl (C=O) groups excluding carboxylic acids is 1. The van der Waals surface area contributed by atoms with Gasteiger partial charge in [0.05, 0.1) is 25.8 Å². The molecule has 2 unspecified atom stereocenters. The molecule has 2 aromatic carbocycles. The van der Waals surface area contributed by atoms with Gasteiger partial charge in [0, 0.05) is 18.5 Å². The van der Waals surface area contributed by atoms with E-state index in [0.29, 0.717) is 6.54 Å². The maximum absolute atomic E-state index is 13.1. The van der Waals surface area contributed by atoms with Crippen LogP contribution in [0.3, 0.4) is 0 Å². The average molecular weight is 391 g/mol. The molecular weight excluding hydrogens is 366 g/mol. The molecule has 5 nitrogen and oxygen atoms in total. The normalized spacial score (nSPS) is 20.4. The zero-order chi connectivity index (χ0) is 20.4. The van der Waals surface area contributed by atoms with Gasteiger partial charge in [0.2, 0.25) is 5.91 Å². The number of anilines is 1. The first-order chi connectivity index (χ1) is 14.1. The summed E-state index contributed by atoms with van der Waals surface area (Å²) in [6.45, 7) is 0.556. The molecule has 1 saturated heterocycles. The number of benzene rings is 2. The largest absolute Gasteiger partial charge is 0.508 e. The van der Waals surface area contributed by atoms with Gasteiger partial charge in [-0.3, -0.25) is 4.79 Å². The van der Waals surface area contributed by atoms with Crippen LogP contribution >= 0.6 is 0 Å². The van der Waals surface area contributed by atoms with Crippen molar-refractivity contribution in [1.29, 1.82) is 0 Å². The fourth-order valence-electron chi connectivity index (χ4n) is 4.06. The van der Waals surface area contributed by atoms with Gasteiger partial charge >= 0.3 is 0 Å². The standard InChI is InChI=1S/C24H25NO4/c1-28-20-9-4-16(5-10-20)3-6-17-7-11-21(29-2)14-23(17)25-15-18-13-19(26)8-12-22(18)24(25)27/h4-5,7-14,18,22,26H,3,6,15H2,1-2H3. The lowest BCUT2D eigenvalue weighted by molar-refractivity contribution is -0.119. The van der Waals surface area contributed by atoms with Crippen molar-refractivity contribution in [1.82, 2.24) is 0 Å². The second kappa shape index (κ2) is 8.03. The number of rotatable bonds is 6. The molecule has 0 saturated carbocycles. The van der Waals surface area contributed by atoms with E-state index in [1.54, 1.807) is 32.4 Å². The summed E-state index contributed by atoms with van der Waals surface area (Å²) in [5.74, 6) is 1.64. The number of aliphatic hydroxyl groups is 1. The molecule has 2 aromatic rings. The van der Waals surface area contributed by atoms with Crippen molar-refractivity contribution in [2.75, 3.05) is 25.7 Å². The lowest BCUT2D eigenvalue weighted by atomic mass is 9.91. The first-order valence-corrected chi connectivity index (χ1v) is 9.79. The van der Waals surface area contributed by atoms with Crippen LogP contribution in [0.5, 0.6) is 11.5 Å². The molecule has 150 valence electrons. The Morgan fingerprint density at radius 3 is 2.48 bits per heavy atom. The number of fused-ring (bicyclic) bond motifs is 1. The molecule has 2 aliphatic rings. The molecule has 1 fully saturated rings. The van der Waals surface area contributed by atoms with Crippen LogP contribution in [-0.2, 0) is 17.6 Å². The summed E-state index contributed by atoms with van der Waals surface area (Å²) in [6, 6.07) is 14.0. The molecule has 1 aliphatic heterocycles. The van der Waals surface area contributed by atoms with Crippen molar-refractivity contribution < 1.29 is 19.4 Å². The quantitative estimate of drug-likeness (QED) is 0.806. The van der Waals surface area contributed by atoms with Crippen LogP contribution in [0.2, 0.25) is 0 Å². The van der Waals surface area contributed by atoms with Crippen molar-refractivity contribution in [3.05, 3.63) is 77.6 Å². The van der Waals surface area contributed by atoms with Gasteiger partial charge in [0.25, 0.3) is 0 Å². The van der Waals surface area contributed by atoms with Gasteiger partial charge in [0.15, 0.2) is 0 Å². The summed E-state index contributed by atoms with van der Waals surface area (Å²) in [5, 5.41) is 9.80. The molecule has 0 bridgehead atoms. The number of hydrogen-bond acceptors (Lipinski definition) is 4. The second-order valence-corrected chi connectivity index (χ2v) is 7.43. The summed E-state index contributed by atoms with van der Waals surface area (Å²) in [4.78, 5) is 14.9. The van der Waals surface area contributed by atoms with Crippen molar-refractivity contribution >= 4 is 11.6 Å². The van der Waals surface area contributed by atoms with Crippen molar-refractivity contribution in [3.63, 3.8) is 0 Å². The molecule has 1 N–H and O–H groups in total. The smallest absolute Gasteiger partial charge is 0.234 e. The molecule has 1 aliphatic carbocycles. The Morgan fingerprint density at radius 2 is 1.76 bits per heavy atom. The van der Waals surface area contributed by atoms with E-state index in [-0.39, 0.29) is 23.5 Å².